The fourth-order valence-electron chi connectivity index (χ4n) is 2.10. The molecule has 0 atom stereocenters. The summed E-state index contributed by atoms with van der Waals surface area (Å²) in [5.74, 6) is -1.41. The summed E-state index contributed by atoms with van der Waals surface area (Å²) in [6.45, 7) is 2.01. The third-order valence-electron chi connectivity index (χ3n) is 3.41. The first-order valence-electron chi connectivity index (χ1n) is 7.54. The van der Waals surface area contributed by atoms with Crippen LogP contribution in [0.3, 0.4) is 0 Å². The van der Waals surface area contributed by atoms with E-state index in [1.165, 1.54) is 24.7 Å². The molecule has 0 saturated carbocycles. The van der Waals surface area contributed by atoms with Crippen LogP contribution < -0.4 is 10.6 Å². The summed E-state index contributed by atoms with van der Waals surface area (Å²) in [5.41, 5.74) is 2.46. The molecule has 0 aromatic heterocycles. The highest BCUT2D eigenvalue weighted by Gasteiger charge is 2.11. The summed E-state index contributed by atoms with van der Waals surface area (Å²) in [6.07, 6.45) is 3.80. The van der Waals surface area contributed by atoms with Crippen LogP contribution in [0, 0.1) is 12.7 Å². The van der Waals surface area contributed by atoms with Gasteiger partial charge >= 0.3 is 0 Å². The van der Waals surface area contributed by atoms with Crippen molar-refractivity contribution in [2.24, 2.45) is 0 Å². The van der Waals surface area contributed by atoms with Crippen molar-refractivity contribution in [1.82, 2.24) is 5.32 Å². The van der Waals surface area contributed by atoms with Gasteiger partial charge in [-0.1, -0.05) is 42.0 Å². The molecule has 0 unspecified atom stereocenters. The highest BCUT2D eigenvalue weighted by Crippen LogP contribution is 2.15. The molecule has 0 aliphatic carbocycles. The first-order valence-corrected chi connectivity index (χ1v) is 7.54. The number of halogens is 1. The topological polar surface area (TPSA) is 58.2 Å². The van der Waals surface area contributed by atoms with Crippen LogP contribution in [0.25, 0.3) is 6.08 Å². The Hall–Kier alpha value is -2.95. The maximum absolute atomic E-state index is 13.6. The predicted octanol–water partition coefficient (Wildman–Crippen LogP) is 3.54. The molecule has 0 aliphatic heterocycles. The first-order chi connectivity index (χ1) is 11.5. The van der Waals surface area contributed by atoms with Gasteiger partial charge in [0.05, 0.1) is 5.56 Å². The fraction of sp³-hybridized carbons (Fsp3) is 0.158. The van der Waals surface area contributed by atoms with Crippen molar-refractivity contribution >= 4 is 23.6 Å². The second-order valence-electron chi connectivity index (χ2n) is 5.34. The zero-order valence-electron chi connectivity index (χ0n) is 13.6. The Labute approximate surface area is 140 Å². The molecule has 2 aromatic rings. The number of amides is 2. The zero-order valence-corrected chi connectivity index (χ0v) is 13.6. The van der Waals surface area contributed by atoms with Crippen LogP contribution >= 0.6 is 0 Å². The van der Waals surface area contributed by atoms with Crippen molar-refractivity contribution in [2.75, 3.05) is 12.4 Å². The number of carbonyl (C=O) groups is 2. The van der Waals surface area contributed by atoms with Gasteiger partial charge in [0.15, 0.2) is 0 Å². The molecule has 0 radical (unpaired) electrons. The molecule has 2 rings (SSSR count). The number of carbonyl (C=O) groups excluding carboxylic acids is 2. The zero-order chi connectivity index (χ0) is 17.5. The van der Waals surface area contributed by atoms with E-state index in [0.29, 0.717) is 5.69 Å². The van der Waals surface area contributed by atoms with E-state index in [0.717, 1.165) is 11.6 Å². The van der Waals surface area contributed by atoms with E-state index in [-0.39, 0.29) is 17.9 Å². The Balaban J connectivity index is 1.97. The molecule has 0 saturated heterocycles. The van der Waals surface area contributed by atoms with Gasteiger partial charge in [-0.05, 0) is 30.7 Å². The second-order valence-corrected chi connectivity index (χ2v) is 5.34. The number of hydrogen-bond donors (Lipinski definition) is 2. The van der Waals surface area contributed by atoms with Crippen LogP contribution in [0.5, 0.6) is 0 Å². The van der Waals surface area contributed by atoms with Crippen molar-refractivity contribution in [3.8, 4) is 0 Å². The van der Waals surface area contributed by atoms with E-state index in [1.54, 1.807) is 6.08 Å². The molecule has 124 valence electrons. The van der Waals surface area contributed by atoms with E-state index < -0.39 is 11.7 Å². The van der Waals surface area contributed by atoms with Crippen molar-refractivity contribution in [3.63, 3.8) is 0 Å². The Kier molecular flexibility index (Phi) is 5.84. The van der Waals surface area contributed by atoms with Gasteiger partial charge in [-0.15, -0.1) is 0 Å². The summed E-state index contributed by atoms with van der Waals surface area (Å²) in [5, 5.41) is 5.00. The van der Waals surface area contributed by atoms with Gasteiger partial charge in [-0.25, -0.2) is 4.39 Å². The third kappa shape index (κ3) is 4.78. The molecule has 4 nitrogen and oxygen atoms in total. The molecule has 0 spiro atoms. The normalized spacial score (nSPS) is 10.6. The molecule has 24 heavy (non-hydrogen) atoms. The number of anilines is 1. The highest BCUT2D eigenvalue weighted by atomic mass is 19.1. The lowest BCUT2D eigenvalue weighted by atomic mass is 10.1. The number of aryl methyl sites for hydroxylation is 1. The Morgan fingerprint density at radius 3 is 2.50 bits per heavy atom. The first kappa shape index (κ1) is 17.4. The lowest BCUT2D eigenvalue weighted by molar-refractivity contribution is -0.115. The molecule has 0 heterocycles. The van der Waals surface area contributed by atoms with E-state index in [1.807, 2.05) is 37.3 Å². The van der Waals surface area contributed by atoms with Gasteiger partial charge in [-0.2, -0.15) is 0 Å². The van der Waals surface area contributed by atoms with Crippen molar-refractivity contribution < 1.29 is 14.0 Å². The number of rotatable bonds is 5. The molecule has 0 aliphatic rings. The Morgan fingerprint density at radius 1 is 1.12 bits per heavy atom. The van der Waals surface area contributed by atoms with Gasteiger partial charge in [-0.3, -0.25) is 9.59 Å². The van der Waals surface area contributed by atoms with Gasteiger partial charge in [0.2, 0.25) is 5.91 Å². The van der Waals surface area contributed by atoms with Gasteiger partial charge in [0, 0.05) is 19.2 Å². The van der Waals surface area contributed by atoms with Crippen LogP contribution in [0.4, 0.5) is 10.1 Å². The van der Waals surface area contributed by atoms with E-state index in [2.05, 4.69) is 10.6 Å². The average Bonchev–Trinajstić information content (AvgIpc) is 2.57. The van der Waals surface area contributed by atoms with Gasteiger partial charge in [0.1, 0.15) is 5.82 Å². The maximum atomic E-state index is 13.6. The molecule has 5 heteroatoms. The minimum absolute atomic E-state index is 0.106. The molecular weight excluding hydrogens is 307 g/mol. The Bertz CT molecular complexity index is 767. The largest absolute Gasteiger partial charge is 0.355 e. The number of benzene rings is 2. The van der Waals surface area contributed by atoms with E-state index >= 15 is 0 Å². The van der Waals surface area contributed by atoms with Crippen LogP contribution in [0.1, 0.15) is 27.9 Å². The predicted molar refractivity (Wildman–Crippen MR) is 93.2 cm³/mol. The van der Waals surface area contributed by atoms with Gasteiger partial charge < -0.3 is 10.6 Å². The number of hydrogen-bond acceptors (Lipinski definition) is 2. The third-order valence-corrected chi connectivity index (χ3v) is 3.41. The van der Waals surface area contributed by atoms with Crippen LogP contribution in [0.15, 0.2) is 48.5 Å². The summed E-state index contributed by atoms with van der Waals surface area (Å²) < 4.78 is 13.6. The minimum atomic E-state index is -0.633. The molecule has 2 amide bonds. The average molecular weight is 326 g/mol. The van der Waals surface area contributed by atoms with E-state index in [4.69, 9.17) is 0 Å². The van der Waals surface area contributed by atoms with E-state index in [9.17, 15) is 14.0 Å². The SMILES string of the molecule is CNC(=O)c1cc(NC(=O)C/C=C/c2ccc(C)cc2)ccc1F. The smallest absolute Gasteiger partial charge is 0.254 e. The highest BCUT2D eigenvalue weighted by molar-refractivity contribution is 5.97. The molecular formula is C19H19FN2O2. The molecule has 2 N–H and O–H groups in total. The lowest BCUT2D eigenvalue weighted by Gasteiger charge is -2.07. The Morgan fingerprint density at radius 2 is 1.83 bits per heavy atom. The quantitative estimate of drug-likeness (QED) is 0.883. The summed E-state index contributed by atoms with van der Waals surface area (Å²) >= 11 is 0. The van der Waals surface area contributed by atoms with Crippen molar-refractivity contribution in [2.45, 2.75) is 13.3 Å². The maximum Gasteiger partial charge on any atom is 0.254 e. The van der Waals surface area contributed by atoms with Crippen molar-refractivity contribution in [3.05, 3.63) is 71.0 Å². The fourth-order valence-corrected chi connectivity index (χ4v) is 2.10. The van der Waals surface area contributed by atoms with Crippen LogP contribution in [-0.2, 0) is 4.79 Å². The summed E-state index contributed by atoms with van der Waals surface area (Å²) in [7, 11) is 1.42. The second kappa shape index (κ2) is 8.06. The molecule has 0 fully saturated rings. The van der Waals surface area contributed by atoms with Crippen molar-refractivity contribution in [1.29, 1.82) is 0 Å². The van der Waals surface area contributed by atoms with Crippen LogP contribution in [0.2, 0.25) is 0 Å². The van der Waals surface area contributed by atoms with Gasteiger partial charge in [0.25, 0.3) is 5.91 Å². The number of nitrogens with one attached hydrogen (secondary N) is 2. The molecule has 0 bridgehead atoms. The lowest BCUT2D eigenvalue weighted by Crippen LogP contribution is -2.20. The summed E-state index contributed by atoms with van der Waals surface area (Å²) in [4.78, 5) is 23.5. The standard InChI is InChI=1S/C19H19FN2O2/c1-13-6-8-14(9-7-13)4-3-5-18(23)22-15-10-11-17(20)16(12-15)19(24)21-2/h3-4,6-12H,5H2,1-2H3,(H,21,24)(H,22,23)/b4-3+. The minimum Gasteiger partial charge on any atom is -0.355 e. The monoisotopic (exact) mass is 326 g/mol. The van der Waals surface area contributed by atoms with Crippen LogP contribution in [-0.4, -0.2) is 18.9 Å². The molecule has 2 aromatic carbocycles. The summed E-state index contributed by atoms with van der Waals surface area (Å²) in [6, 6.07) is 11.8.